The SMILES string of the molecule is c1noc(CC2CCCCN2)c1C1CCCC1. The van der Waals surface area contributed by atoms with Gasteiger partial charge in [0.2, 0.25) is 0 Å². The molecule has 3 heteroatoms. The minimum absolute atomic E-state index is 0.608. The molecule has 2 heterocycles. The third kappa shape index (κ3) is 2.54. The molecule has 1 aliphatic carbocycles. The van der Waals surface area contributed by atoms with E-state index >= 15 is 0 Å². The van der Waals surface area contributed by atoms with E-state index in [1.165, 1.54) is 50.5 Å². The molecule has 2 fully saturated rings. The number of aromatic nitrogens is 1. The Morgan fingerprint density at radius 1 is 1.18 bits per heavy atom. The summed E-state index contributed by atoms with van der Waals surface area (Å²) in [5, 5.41) is 7.62. The summed E-state index contributed by atoms with van der Waals surface area (Å²) in [4.78, 5) is 0. The molecule has 1 saturated heterocycles. The van der Waals surface area contributed by atoms with Gasteiger partial charge in [-0.05, 0) is 38.1 Å². The standard InChI is InChI=1S/C14H22N2O/c1-2-6-11(5-1)13-10-16-17-14(13)9-12-7-3-4-8-15-12/h10-12,15H,1-9H2. The molecule has 1 aromatic rings. The largest absolute Gasteiger partial charge is 0.361 e. The van der Waals surface area contributed by atoms with E-state index in [2.05, 4.69) is 10.5 Å². The lowest BCUT2D eigenvalue weighted by Gasteiger charge is -2.23. The van der Waals surface area contributed by atoms with Crippen LogP contribution >= 0.6 is 0 Å². The predicted molar refractivity (Wildman–Crippen MR) is 67.1 cm³/mol. The van der Waals surface area contributed by atoms with Crippen LogP contribution in [-0.4, -0.2) is 17.7 Å². The van der Waals surface area contributed by atoms with Gasteiger partial charge in [0.15, 0.2) is 0 Å². The van der Waals surface area contributed by atoms with Crippen molar-refractivity contribution >= 4 is 0 Å². The number of hydrogen-bond donors (Lipinski definition) is 1. The van der Waals surface area contributed by atoms with Crippen molar-refractivity contribution in [3.63, 3.8) is 0 Å². The summed E-state index contributed by atoms with van der Waals surface area (Å²) in [5.41, 5.74) is 1.40. The molecule has 1 atom stereocenters. The Bertz CT molecular complexity index is 349. The zero-order valence-electron chi connectivity index (χ0n) is 10.5. The number of rotatable bonds is 3. The van der Waals surface area contributed by atoms with Crippen LogP contribution in [0.1, 0.15) is 62.2 Å². The Balaban J connectivity index is 1.67. The Morgan fingerprint density at radius 3 is 2.76 bits per heavy atom. The third-order valence-corrected chi connectivity index (χ3v) is 4.32. The van der Waals surface area contributed by atoms with Crippen LogP contribution in [0.25, 0.3) is 0 Å². The average molecular weight is 234 g/mol. The first-order valence-corrected chi connectivity index (χ1v) is 7.10. The summed E-state index contributed by atoms with van der Waals surface area (Å²) in [7, 11) is 0. The molecule has 3 nitrogen and oxygen atoms in total. The van der Waals surface area contributed by atoms with Crippen molar-refractivity contribution in [1.82, 2.24) is 10.5 Å². The summed E-state index contributed by atoms with van der Waals surface area (Å²) in [6, 6.07) is 0.608. The third-order valence-electron chi connectivity index (χ3n) is 4.32. The van der Waals surface area contributed by atoms with E-state index < -0.39 is 0 Å². The Morgan fingerprint density at radius 2 is 2.00 bits per heavy atom. The molecule has 0 radical (unpaired) electrons. The second-order valence-corrected chi connectivity index (χ2v) is 5.54. The molecule has 0 aromatic carbocycles. The van der Waals surface area contributed by atoms with E-state index in [0.29, 0.717) is 6.04 Å². The highest BCUT2D eigenvalue weighted by Crippen LogP contribution is 2.36. The smallest absolute Gasteiger partial charge is 0.141 e. The second-order valence-electron chi connectivity index (χ2n) is 5.54. The maximum Gasteiger partial charge on any atom is 0.141 e. The molecule has 3 rings (SSSR count). The van der Waals surface area contributed by atoms with Crippen LogP contribution < -0.4 is 5.32 Å². The Kier molecular flexibility index (Phi) is 3.46. The second kappa shape index (κ2) is 5.21. The molecule has 1 aromatic heterocycles. The minimum atomic E-state index is 0.608. The maximum atomic E-state index is 5.49. The maximum absolute atomic E-state index is 5.49. The summed E-state index contributed by atoms with van der Waals surface area (Å²) in [6.45, 7) is 1.16. The number of nitrogens with one attached hydrogen (secondary N) is 1. The number of piperidine rings is 1. The molecule has 17 heavy (non-hydrogen) atoms. The van der Waals surface area contributed by atoms with Crippen LogP contribution in [0.15, 0.2) is 10.7 Å². The van der Waals surface area contributed by atoms with E-state index in [-0.39, 0.29) is 0 Å². The quantitative estimate of drug-likeness (QED) is 0.873. The van der Waals surface area contributed by atoms with E-state index in [9.17, 15) is 0 Å². The summed E-state index contributed by atoms with van der Waals surface area (Å²) in [6.07, 6.45) is 12.4. The molecule has 1 unspecified atom stereocenters. The van der Waals surface area contributed by atoms with Crippen molar-refractivity contribution in [2.24, 2.45) is 0 Å². The first-order chi connectivity index (χ1) is 8.43. The first-order valence-electron chi connectivity index (χ1n) is 7.10. The minimum Gasteiger partial charge on any atom is -0.361 e. The molecule has 94 valence electrons. The highest BCUT2D eigenvalue weighted by atomic mass is 16.5. The summed E-state index contributed by atoms with van der Waals surface area (Å²) < 4.78 is 5.49. The van der Waals surface area contributed by atoms with Crippen LogP contribution in [0.3, 0.4) is 0 Å². The van der Waals surface area contributed by atoms with Gasteiger partial charge in [0.1, 0.15) is 5.76 Å². The lowest BCUT2D eigenvalue weighted by molar-refractivity contribution is 0.334. The lowest BCUT2D eigenvalue weighted by Crippen LogP contribution is -2.35. The van der Waals surface area contributed by atoms with Crippen molar-refractivity contribution in [2.45, 2.75) is 63.3 Å². The first kappa shape index (κ1) is 11.3. The topological polar surface area (TPSA) is 38.1 Å². The van der Waals surface area contributed by atoms with Crippen molar-refractivity contribution in [2.75, 3.05) is 6.54 Å². The monoisotopic (exact) mass is 234 g/mol. The lowest BCUT2D eigenvalue weighted by atomic mass is 9.94. The molecule has 1 N–H and O–H groups in total. The number of nitrogens with zero attached hydrogens (tertiary/aromatic N) is 1. The van der Waals surface area contributed by atoms with Crippen molar-refractivity contribution in [3.8, 4) is 0 Å². The summed E-state index contributed by atoms with van der Waals surface area (Å²) in [5.74, 6) is 1.87. The fraction of sp³-hybridized carbons (Fsp3) is 0.786. The molecule has 0 amide bonds. The van der Waals surface area contributed by atoms with Gasteiger partial charge in [-0.1, -0.05) is 24.4 Å². The van der Waals surface area contributed by atoms with Crippen LogP contribution in [-0.2, 0) is 6.42 Å². The Hall–Kier alpha value is -0.830. The molecule has 1 aliphatic heterocycles. The van der Waals surface area contributed by atoms with E-state index in [0.717, 1.165) is 24.6 Å². The van der Waals surface area contributed by atoms with Crippen LogP contribution in [0, 0.1) is 0 Å². The van der Waals surface area contributed by atoms with Gasteiger partial charge in [0.25, 0.3) is 0 Å². The fourth-order valence-corrected chi connectivity index (χ4v) is 3.32. The van der Waals surface area contributed by atoms with Crippen molar-refractivity contribution in [3.05, 3.63) is 17.5 Å². The van der Waals surface area contributed by atoms with E-state index in [1.54, 1.807) is 0 Å². The fourth-order valence-electron chi connectivity index (χ4n) is 3.32. The van der Waals surface area contributed by atoms with Gasteiger partial charge in [0, 0.05) is 18.0 Å². The number of hydrogen-bond acceptors (Lipinski definition) is 3. The van der Waals surface area contributed by atoms with Crippen LogP contribution in [0.2, 0.25) is 0 Å². The van der Waals surface area contributed by atoms with E-state index in [4.69, 9.17) is 4.52 Å². The van der Waals surface area contributed by atoms with Gasteiger partial charge >= 0.3 is 0 Å². The molecule has 0 spiro atoms. The molecular formula is C14H22N2O. The highest BCUT2D eigenvalue weighted by Gasteiger charge is 2.24. The molecule has 1 saturated carbocycles. The van der Waals surface area contributed by atoms with E-state index in [1.807, 2.05) is 6.20 Å². The zero-order chi connectivity index (χ0) is 11.5. The average Bonchev–Trinajstić information content (AvgIpc) is 3.00. The normalized spacial score (nSPS) is 26.5. The summed E-state index contributed by atoms with van der Waals surface area (Å²) >= 11 is 0. The predicted octanol–water partition coefficient (Wildman–Crippen LogP) is 3.02. The Labute approximate surface area is 103 Å². The zero-order valence-corrected chi connectivity index (χ0v) is 10.5. The van der Waals surface area contributed by atoms with Gasteiger partial charge in [0.05, 0.1) is 6.20 Å². The van der Waals surface area contributed by atoms with Crippen LogP contribution in [0.4, 0.5) is 0 Å². The van der Waals surface area contributed by atoms with Gasteiger partial charge in [-0.2, -0.15) is 0 Å². The highest BCUT2D eigenvalue weighted by molar-refractivity contribution is 5.21. The van der Waals surface area contributed by atoms with Crippen molar-refractivity contribution in [1.29, 1.82) is 0 Å². The molecular weight excluding hydrogens is 212 g/mol. The van der Waals surface area contributed by atoms with Crippen LogP contribution in [0.5, 0.6) is 0 Å². The van der Waals surface area contributed by atoms with Gasteiger partial charge in [-0.3, -0.25) is 0 Å². The van der Waals surface area contributed by atoms with Crippen molar-refractivity contribution < 1.29 is 4.52 Å². The van der Waals surface area contributed by atoms with Gasteiger partial charge < -0.3 is 9.84 Å². The molecule has 0 bridgehead atoms. The molecule has 2 aliphatic rings. The van der Waals surface area contributed by atoms with Gasteiger partial charge in [-0.15, -0.1) is 0 Å². The van der Waals surface area contributed by atoms with Gasteiger partial charge in [-0.25, -0.2) is 0 Å².